The van der Waals surface area contributed by atoms with E-state index < -0.39 is 48.9 Å². The number of hydrogen-bond donors (Lipinski definition) is 1. The summed E-state index contributed by atoms with van der Waals surface area (Å²) in [7, 11) is 0. The highest BCUT2D eigenvalue weighted by Gasteiger charge is 2.33. The standard InChI is InChI=1S/C29H21F7N6O3S/c1-16-3-2-4-23(20(16)12-45-14-28(31,32)33)42-24(43)13-46-27(42)39-26(44)38-22-10-9-19(11-21(22)30)41-15-37-25(40-41)17-5-7-18(8-6-17)29(34,35)36/h2-11,15H,12-14H2,1H3,(H,38,44)/b39-27-. The monoisotopic (exact) mass is 666 g/mol. The molecule has 1 N–H and O–H groups in total. The average molecular weight is 667 g/mol. The zero-order chi connectivity index (χ0) is 33.2. The average Bonchev–Trinajstić information content (AvgIpc) is 3.61. The number of thioether (sulfide) groups is 1. The van der Waals surface area contributed by atoms with E-state index in [1.807, 2.05) is 0 Å². The number of hydrogen-bond acceptors (Lipinski definition) is 6. The number of aromatic nitrogens is 3. The number of urea groups is 1. The van der Waals surface area contributed by atoms with Gasteiger partial charge in [0, 0.05) is 17.2 Å². The van der Waals surface area contributed by atoms with Crippen molar-refractivity contribution in [3.63, 3.8) is 0 Å². The molecule has 0 aliphatic carbocycles. The van der Waals surface area contributed by atoms with E-state index in [4.69, 9.17) is 4.74 Å². The maximum absolute atomic E-state index is 15.0. The molecule has 240 valence electrons. The summed E-state index contributed by atoms with van der Waals surface area (Å²) in [6.07, 6.45) is -7.81. The van der Waals surface area contributed by atoms with E-state index in [2.05, 4.69) is 20.4 Å². The predicted molar refractivity (Wildman–Crippen MR) is 155 cm³/mol. The van der Waals surface area contributed by atoms with E-state index in [0.717, 1.165) is 34.9 Å². The molecule has 9 nitrogen and oxygen atoms in total. The Hall–Kier alpha value is -4.77. The lowest BCUT2D eigenvalue weighted by atomic mass is 10.1. The van der Waals surface area contributed by atoms with Crippen LogP contribution < -0.4 is 10.2 Å². The fourth-order valence-corrected chi connectivity index (χ4v) is 5.20. The highest BCUT2D eigenvalue weighted by Crippen LogP contribution is 2.33. The Morgan fingerprint density at radius 3 is 2.48 bits per heavy atom. The smallest absolute Gasteiger partial charge is 0.367 e. The van der Waals surface area contributed by atoms with Gasteiger partial charge in [-0.25, -0.2) is 18.9 Å². The second-order valence-corrected chi connectivity index (χ2v) is 10.7. The van der Waals surface area contributed by atoms with Crippen molar-refractivity contribution < 1.29 is 45.1 Å². The van der Waals surface area contributed by atoms with Crippen molar-refractivity contribution in [1.82, 2.24) is 14.8 Å². The minimum absolute atomic E-state index is 0.0689. The molecule has 0 unspecified atom stereocenters. The summed E-state index contributed by atoms with van der Waals surface area (Å²) in [5.74, 6) is -1.36. The second kappa shape index (κ2) is 12.9. The molecule has 3 aromatic carbocycles. The maximum atomic E-state index is 15.0. The van der Waals surface area contributed by atoms with Gasteiger partial charge in [0.1, 0.15) is 18.8 Å². The molecule has 17 heteroatoms. The highest BCUT2D eigenvalue weighted by molar-refractivity contribution is 8.15. The number of carbonyl (C=O) groups is 2. The third kappa shape index (κ3) is 7.54. The van der Waals surface area contributed by atoms with Gasteiger partial charge in [-0.05, 0) is 42.8 Å². The molecule has 0 spiro atoms. The van der Waals surface area contributed by atoms with Crippen molar-refractivity contribution in [1.29, 1.82) is 0 Å². The molecule has 5 rings (SSSR count). The van der Waals surface area contributed by atoms with E-state index in [1.165, 1.54) is 41.3 Å². The van der Waals surface area contributed by atoms with E-state index in [0.29, 0.717) is 16.7 Å². The minimum Gasteiger partial charge on any atom is -0.367 e. The first-order valence-electron chi connectivity index (χ1n) is 13.2. The second-order valence-electron chi connectivity index (χ2n) is 9.77. The van der Waals surface area contributed by atoms with E-state index >= 15 is 4.39 Å². The number of nitrogens with zero attached hydrogens (tertiary/aromatic N) is 5. The summed E-state index contributed by atoms with van der Waals surface area (Å²) in [5, 5.41) is 6.39. The van der Waals surface area contributed by atoms with E-state index in [1.54, 1.807) is 19.1 Å². The lowest BCUT2D eigenvalue weighted by Crippen LogP contribution is -2.31. The summed E-state index contributed by atoms with van der Waals surface area (Å²) in [6, 6.07) is 11.5. The predicted octanol–water partition coefficient (Wildman–Crippen LogP) is 7.15. The number of amidine groups is 1. The van der Waals surface area contributed by atoms with E-state index in [-0.39, 0.29) is 33.8 Å². The van der Waals surface area contributed by atoms with Crippen molar-refractivity contribution in [2.24, 2.45) is 4.99 Å². The van der Waals surface area contributed by atoms with Crippen LogP contribution in [0.1, 0.15) is 16.7 Å². The lowest BCUT2D eigenvalue weighted by molar-refractivity contribution is -0.176. The van der Waals surface area contributed by atoms with Gasteiger partial charge in [-0.1, -0.05) is 36.0 Å². The van der Waals surface area contributed by atoms with E-state index in [9.17, 15) is 35.9 Å². The molecule has 1 aliphatic rings. The van der Waals surface area contributed by atoms with Crippen molar-refractivity contribution in [3.8, 4) is 17.1 Å². The van der Waals surface area contributed by atoms with Crippen LogP contribution in [0, 0.1) is 12.7 Å². The summed E-state index contributed by atoms with van der Waals surface area (Å²) >= 11 is 0.918. The third-order valence-electron chi connectivity index (χ3n) is 6.52. The van der Waals surface area contributed by atoms with Crippen LogP contribution in [0.3, 0.4) is 0 Å². The van der Waals surface area contributed by atoms with Crippen molar-refractivity contribution in [3.05, 3.63) is 89.5 Å². The molecule has 0 saturated carbocycles. The molecule has 0 atom stereocenters. The third-order valence-corrected chi connectivity index (χ3v) is 7.45. The number of amides is 3. The Labute approximate surface area is 260 Å². The molecule has 1 fully saturated rings. The Balaban J connectivity index is 1.30. The number of nitrogens with one attached hydrogen (secondary N) is 1. The maximum Gasteiger partial charge on any atom is 0.416 e. The first kappa shape index (κ1) is 32.6. The quantitative estimate of drug-likeness (QED) is 0.210. The molecule has 1 aromatic heterocycles. The van der Waals surface area contributed by atoms with Crippen LogP contribution in [0.15, 0.2) is 72.0 Å². The Bertz CT molecular complexity index is 1810. The van der Waals surface area contributed by atoms with Crippen molar-refractivity contribution >= 4 is 40.2 Å². The molecule has 0 bridgehead atoms. The van der Waals surface area contributed by atoms with Crippen LogP contribution in [-0.4, -0.2) is 50.4 Å². The van der Waals surface area contributed by atoms with Gasteiger partial charge in [-0.15, -0.1) is 5.10 Å². The van der Waals surface area contributed by atoms with Crippen LogP contribution in [0.2, 0.25) is 0 Å². The number of halogens is 7. The number of ether oxygens (including phenoxy) is 1. The topological polar surface area (TPSA) is 102 Å². The van der Waals surface area contributed by atoms with Crippen LogP contribution >= 0.6 is 11.8 Å². The highest BCUT2D eigenvalue weighted by atomic mass is 32.2. The SMILES string of the molecule is Cc1cccc(N2C(=O)CS/C2=N\C(=O)Nc2ccc(-n3cnc(-c4ccc(C(F)(F)F)cc4)n3)cc2F)c1COCC(F)(F)F. The zero-order valence-corrected chi connectivity index (χ0v) is 24.3. The summed E-state index contributed by atoms with van der Waals surface area (Å²) < 4.78 is 97.4. The van der Waals surface area contributed by atoms with Crippen LogP contribution in [-0.2, 0) is 22.3 Å². The number of alkyl halides is 6. The van der Waals surface area contributed by atoms with Gasteiger partial charge in [0.25, 0.3) is 0 Å². The molecule has 2 heterocycles. The Morgan fingerprint density at radius 1 is 1.07 bits per heavy atom. The van der Waals surface area contributed by atoms with Crippen LogP contribution in [0.4, 0.5) is 46.9 Å². The molecule has 1 aliphatic heterocycles. The number of aryl methyl sites for hydroxylation is 1. The van der Waals surface area contributed by atoms with Gasteiger partial charge >= 0.3 is 18.4 Å². The Morgan fingerprint density at radius 2 is 1.80 bits per heavy atom. The van der Waals surface area contributed by atoms with Gasteiger partial charge in [0.15, 0.2) is 11.0 Å². The van der Waals surface area contributed by atoms with Crippen molar-refractivity contribution in [2.75, 3.05) is 22.6 Å². The fraction of sp³-hybridized carbons (Fsp3) is 0.207. The first-order valence-corrected chi connectivity index (χ1v) is 14.2. The molecule has 0 radical (unpaired) electrons. The van der Waals surface area contributed by atoms with Crippen LogP contribution in [0.5, 0.6) is 0 Å². The van der Waals surface area contributed by atoms with Crippen molar-refractivity contribution in [2.45, 2.75) is 25.9 Å². The minimum atomic E-state index is -4.55. The number of benzene rings is 3. The summed E-state index contributed by atoms with van der Waals surface area (Å²) in [5.41, 5.74) is 0.443. The molecule has 46 heavy (non-hydrogen) atoms. The normalized spacial score (nSPS) is 14.7. The first-order chi connectivity index (χ1) is 21.7. The van der Waals surface area contributed by atoms with Gasteiger partial charge in [0.2, 0.25) is 5.91 Å². The Kier molecular flexibility index (Phi) is 9.16. The molecular weight excluding hydrogens is 645 g/mol. The molecular formula is C29H21F7N6O3S. The zero-order valence-electron chi connectivity index (χ0n) is 23.5. The molecule has 4 aromatic rings. The van der Waals surface area contributed by atoms with Gasteiger partial charge in [0.05, 0.1) is 35.0 Å². The van der Waals surface area contributed by atoms with Crippen LogP contribution in [0.25, 0.3) is 17.1 Å². The number of carbonyl (C=O) groups excluding carboxylic acids is 2. The molecule has 1 saturated heterocycles. The number of anilines is 2. The molecule has 3 amide bonds. The van der Waals surface area contributed by atoms with Gasteiger partial charge in [-0.3, -0.25) is 9.69 Å². The summed E-state index contributed by atoms with van der Waals surface area (Å²) in [6.45, 7) is -0.312. The fourth-order valence-electron chi connectivity index (χ4n) is 4.34. The number of aliphatic imine (C=N–C) groups is 1. The van der Waals surface area contributed by atoms with Gasteiger partial charge in [-0.2, -0.15) is 31.3 Å². The van der Waals surface area contributed by atoms with Gasteiger partial charge < -0.3 is 10.1 Å². The largest absolute Gasteiger partial charge is 0.416 e. The summed E-state index contributed by atoms with van der Waals surface area (Å²) in [4.78, 5) is 34.6. The lowest BCUT2D eigenvalue weighted by Gasteiger charge is -2.21. The number of rotatable bonds is 7.